The van der Waals surface area contributed by atoms with E-state index in [2.05, 4.69) is 35.8 Å². The topological polar surface area (TPSA) is 9.23 Å². The minimum Gasteiger partial charge on any atom is -0.496 e. The van der Waals surface area contributed by atoms with Gasteiger partial charge >= 0.3 is 0 Å². The van der Waals surface area contributed by atoms with Gasteiger partial charge in [0.1, 0.15) is 5.75 Å². The number of thiophene rings is 1. The van der Waals surface area contributed by atoms with Crippen molar-refractivity contribution >= 4 is 37.4 Å². The van der Waals surface area contributed by atoms with E-state index >= 15 is 0 Å². The smallest absolute Gasteiger partial charge is 0.133 e. The molecule has 0 fully saturated rings. The van der Waals surface area contributed by atoms with E-state index in [1.54, 1.807) is 7.11 Å². The minimum absolute atomic E-state index is 0.901. The number of benzene rings is 1. The fourth-order valence-corrected chi connectivity index (χ4v) is 3.56. The van der Waals surface area contributed by atoms with Gasteiger partial charge in [-0.3, -0.25) is 0 Å². The summed E-state index contributed by atoms with van der Waals surface area (Å²) in [4.78, 5) is 1.37. The molecule has 0 aliphatic carbocycles. The Kier molecular flexibility index (Phi) is 2.54. The molecule has 0 aliphatic rings. The van der Waals surface area contributed by atoms with Gasteiger partial charge in [0.2, 0.25) is 0 Å². The molecular formula is C11H11BrOS. The Balaban J connectivity index is 2.86. The number of ether oxygens (including phenoxy) is 1. The first-order chi connectivity index (χ1) is 6.65. The number of hydrogen-bond acceptors (Lipinski definition) is 2. The molecule has 1 heterocycles. The summed E-state index contributed by atoms with van der Waals surface area (Å²) in [5.74, 6) is 0.901. The molecule has 0 saturated carbocycles. The predicted octanol–water partition coefficient (Wildman–Crippen LogP) is 4.29. The minimum atomic E-state index is 0.901. The fraction of sp³-hybridized carbons (Fsp3) is 0.273. The maximum atomic E-state index is 5.28. The third-order valence-electron chi connectivity index (χ3n) is 2.45. The van der Waals surface area contributed by atoms with Crippen LogP contribution in [-0.2, 0) is 0 Å². The molecule has 0 atom stereocenters. The largest absolute Gasteiger partial charge is 0.496 e. The van der Waals surface area contributed by atoms with Gasteiger partial charge in [0.05, 0.1) is 11.6 Å². The maximum absolute atomic E-state index is 5.28. The molecule has 2 rings (SSSR count). The molecule has 3 heteroatoms. The van der Waals surface area contributed by atoms with Gasteiger partial charge < -0.3 is 4.74 Å². The summed E-state index contributed by atoms with van der Waals surface area (Å²) < 4.78 is 7.66. The van der Waals surface area contributed by atoms with Crippen molar-refractivity contribution in [3.8, 4) is 5.75 Å². The Hall–Kier alpha value is -0.540. The van der Waals surface area contributed by atoms with E-state index in [1.165, 1.54) is 20.5 Å². The van der Waals surface area contributed by atoms with Crippen LogP contribution in [0.1, 0.15) is 10.4 Å². The Morgan fingerprint density at radius 2 is 2.00 bits per heavy atom. The maximum Gasteiger partial charge on any atom is 0.133 e. The van der Waals surface area contributed by atoms with Crippen LogP contribution >= 0.6 is 27.3 Å². The highest BCUT2D eigenvalue weighted by atomic mass is 79.9. The zero-order chi connectivity index (χ0) is 10.3. The van der Waals surface area contributed by atoms with Crippen LogP contribution in [-0.4, -0.2) is 7.11 Å². The molecule has 1 aromatic heterocycles. The van der Waals surface area contributed by atoms with Crippen LogP contribution in [0.5, 0.6) is 5.75 Å². The van der Waals surface area contributed by atoms with E-state index in [0.717, 1.165) is 10.2 Å². The molecule has 14 heavy (non-hydrogen) atoms. The van der Waals surface area contributed by atoms with Crippen LogP contribution in [0.3, 0.4) is 0 Å². The van der Waals surface area contributed by atoms with Gasteiger partial charge in [0.15, 0.2) is 0 Å². The standard InChI is InChI=1S/C11H11BrOS/c1-6-7(2)14-9-5-4-8(13-3)11(12)10(6)9/h4-5H,1-3H3. The van der Waals surface area contributed by atoms with Crippen LogP contribution < -0.4 is 4.74 Å². The Labute approximate surface area is 95.8 Å². The monoisotopic (exact) mass is 270 g/mol. The Morgan fingerprint density at radius 3 is 2.64 bits per heavy atom. The third kappa shape index (κ3) is 1.35. The van der Waals surface area contributed by atoms with Crippen molar-refractivity contribution in [3.05, 3.63) is 27.0 Å². The highest BCUT2D eigenvalue weighted by molar-refractivity contribution is 9.10. The molecule has 0 amide bonds. The molecule has 0 aliphatic heterocycles. The van der Waals surface area contributed by atoms with Gasteiger partial charge in [0, 0.05) is 15.0 Å². The molecule has 0 spiro atoms. The van der Waals surface area contributed by atoms with Gasteiger partial charge in [-0.05, 0) is 47.5 Å². The van der Waals surface area contributed by atoms with Crippen molar-refractivity contribution in [1.82, 2.24) is 0 Å². The lowest BCUT2D eigenvalue weighted by molar-refractivity contribution is 0.413. The molecule has 0 bridgehead atoms. The average Bonchev–Trinajstić information content (AvgIpc) is 2.44. The zero-order valence-corrected chi connectivity index (χ0v) is 10.8. The van der Waals surface area contributed by atoms with E-state index in [9.17, 15) is 0 Å². The first kappa shape index (κ1) is 9.99. The number of rotatable bonds is 1. The lowest BCUT2D eigenvalue weighted by Crippen LogP contribution is -1.84. The van der Waals surface area contributed by atoms with Crippen molar-refractivity contribution in [2.24, 2.45) is 0 Å². The van der Waals surface area contributed by atoms with E-state index in [0.29, 0.717) is 0 Å². The summed E-state index contributed by atoms with van der Waals surface area (Å²) in [6.07, 6.45) is 0. The van der Waals surface area contributed by atoms with Crippen molar-refractivity contribution in [2.75, 3.05) is 7.11 Å². The van der Waals surface area contributed by atoms with Gasteiger partial charge in [0.25, 0.3) is 0 Å². The summed E-state index contributed by atoms with van der Waals surface area (Å²) in [5.41, 5.74) is 1.34. The first-order valence-electron chi connectivity index (χ1n) is 4.37. The summed E-state index contributed by atoms with van der Waals surface area (Å²) >= 11 is 5.41. The molecule has 2 aromatic rings. The highest BCUT2D eigenvalue weighted by Gasteiger charge is 2.11. The second kappa shape index (κ2) is 3.55. The van der Waals surface area contributed by atoms with Crippen LogP contribution in [0, 0.1) is 13.8 Å². The van der Waals surface area contributed by atoms with Crippen molar-refractivity contribution in [1.29, 1.82) is 0 Å². The van der Waals surface area contributed by atoms with Gasteiger partial charge in [-0.1, -0.05) is 0 Å². The van der Waals surface area contributed by atoms with E-state index in [-0.39, 0.29) is 0 Å². The van der Waals surface area contributed by atoms with E-state index in [1.807, 2.05) is 17.4 Å². The lowest BCUT2D eigenvalue weighted by Gasteiger charge is -2.04. The summed E-state index contributed by atoms with van der Waals surface area (Å²) in [6, 6.07) is 4.12. The van der Waals surface area contributed by atoms with Crippen LogP contribution in [0.2, 0.25) is 0 Å². The number of aryl methyl sites for hydroxylation is 2. The highest BCUT2D eigenvalue weighted by Crippen LogP contribution is 2.40. The van der Waals surface area contributed by atoms with Crippen molar-refractivity contribution in [2.45, 2.75) is 13.8 Å². The molecule has 0 saturated heterocycles. The third-order valence-corrected chi connectivity index (χ3v) is 4.41. The summed E-state index contributed by atoms with van der Waals surface area (Å²) in [7, 11) is 1.69. The molecule has 0 unspecified atom stereocenters. The molecular weight excluding hydrogens is 260 g/mol. The lowest BCUT2D eigenvalue weighted by atomic mass is 10.1. The number of fused-ring (bicyclic) bond motifs is 1. The van der Waals surface area contributed by atoms with Crippen LogP contribution in [0.4, 0.5) is 0 Å². The normalized spacial score (nSPS) is 10.9. The first-order valence-corrected chi connectivity index (χ1v) is 5.98. The Morgan fingerprint density at radius 1 is 1.29 bits per heavy atom. The van der Waals surface area contributed by atoms with E-state index in [4.69, 9.17) is 4.74 Å². The predicted molar refractivity (Wildman–Crippen MR) is 65.6 cm³/mol. The molecule has 1 nitrogen and oxygen atoms in total. The summed E-state index contributed by atoms with van der Waals surface area (Å²) in [5, 5.41) is 1.28. The van der Waals surface area contributed by atoms with Crippen LogP contribution in [0.15, 0.2) is 16.6 Å². The molecule has 74 valence electrons. The number of hydrogen-bond donors (Lipinski definition) is 0. The second-order valence-corrected chi connectivity index (χ2v) is 5.29. The number of methoxy groups -OCH3 is 1. The zero-order valence-electron chi connectivity index (χ0n) is 8.35. The van der Waals surface area contributed by atoms with Crippen molar-refractivity contribution < 1.29 is 4.74 Å². The van der Waals surface area contributed by atoms with E-state index < -0.39 is 0 Å². The molecule has 0 radical (unpaired) electrons. The SMILES string of the molecule is COc1ccc2sc(C)c(C)c2c1Br. The van der Waals surface area contributed by atoms with Gasteiger partial charge in [-0.2, -0.15) is 0 Å². The summed E-state index contributed by atoms with van der Waals surface area (Å²) in [6.45, 7) is 4.30. The second-order valence-electron chi connectivity index (χ2n) is 3.24. The molecule has 0 N–H and O–H groups in total. The quantitative estimate of drug-likeness (QED) is 0.751. The number of halogens is 1. The molecule has 1 aromatic carbocycles. The fourth-order valence-electron chi connectivity index (χ4n) is 1.55. The average molecular weight is 271 g/mol. The van der Waals surface area contributed by atoms with Crippen molar-refractivity contribution in [3.63, 3.8) is 0 Å². The Bertz CT molecular complexity index is 487. The van der Waals surface area contributed by atoms with Crippen LogP contribution in [0.25, 0.3) is 10.1 Å². The van der Waals surface area contributed by atoms with Gasteiger partial charge in [-0.25, -0.2) is 0 Å². The van der Waals surface area contributed by atoms with Gasteiger partial charge in [-0.15, -0.1) is 11.3 Å².